The van der Waals surface area contributed by atoms with Crippen LogP contribution in [0.3, 0.4) is 0 Å². The minimum absolute atomic E-state index is 0.0202. The molecular formula is C22H26BrClO4. The number of aromatic hydroxyl groups is 1. The van der Waals surface area contributed by atoms with Crippen LogP contribution in [0.1, 0.15) is 49.8 Å². The summed E-state index contributed by atoms with van der Waals surface area (Å²) in [7, 11) is 0. The highest BCUT2D eigenvalue weighted by molar-refractivity contribution is 9.10. The Morgan fingerprint density at radius 3 is 2.54 bits per heavy atom. The van der Waals surface area contributed by atoms with Gasteiger partial charge in [0.15, 0.2) is 5.78 Å². The van der Waals surface area contributed by atoms with E-state index < -0.39 is 0 Å². The minimum atomic E-state index is -0.0742. The molecule has 0 aromatic heterocycles. The summed E-state index contributed by atoms with van der Waals surface area (Å²) in [5.41, 5.74) is 2.86. The van der Waals surface area contributed by atoms with E-state index in [0.29, 0.717) is 22.9 Å². The second-order valence-electron chi connectivity index (χ2n) is 7.41. The van der Waals surface area contributed by atoms with Gasteiger partial charge in [-0.3, -0.25) is 4.79 Å². The van der Waals surface area contributed by atoms with Crippen molar-refractivity contribution in [3.05, 3.63) is 56.5 Å². The van der Waals surface area contributed by atoms with Gasteiger partial charge in [-0.2, -0.15) is 0 Å². The molecule has 2 aromatic carbocycles. The highest BCUT2D eigenvalue weighted by Crippen LogP contribution is 2.34. The van der Waals surface area contributed by atoms with Crippen molar-refractivity contribution in [3.8, 4) is 11.5 Å². The number of halogens is 2. The van der Waals surface area contributed by atoms with Gasteiger partial charge in [0.2, 0.25) is 0 Å². The predicted octanol–water partition coefficient (Wildman–Crippen LogP) is 5.49. The van der Waals surface area contributed by atoms with Gasteiger partial charge in [-0.25, -0.2) is 0 Å². The molecule has 0 aliphatic heterocycles. The van der Waals surface area contributed by atoms with Crippen LogP contribution in [-0.4, -0.2) is 29.2 Å². The molecule has 0 bridgehead atoms. The zero-order valence-electron chi connectivity index (χ0n) is 16.3. The lowest BCUT2D eigenvalue weighted by Gasteiger charge is -2.14. The second-order valence-corrected chi connectivity index (χ2v) is 8.67. The number of aliphatic hydroxyl groups is 1. The second kappa shape index (κ2) is 10.3. The van der Waals surface area contributed by atoms with Gasteiger partial charge in [0.05, 0.1) is 0 Å². The number of ether oxygens (including phenoxy) is 1. The first-order valence-electron chi connectivity index (χ1n) is 9.26. The summed E-state index contributed by atoms with van der Waals surface area (Å²) in [4.78, 5) is 11.9. The Morgan fingerprint density at radius 2 is 1.93 bits per heavy atom. The molecule has 0 heterocycles. The third-order valence-corrected chi connectivity index (χ3v) is 5.54. The summed E-state index contributed by atoms with van der Waals surface area (Å²) in [6.07, 6.45) is 0.884. The van der Waals surface area contributed by atoms with Crippen molar-refractivity contribution < 1.29 is 19.7 Å². The van der Waals surface area contributed by atoms with E-state index in [1.165, 1.54) is 0 Å². The van der Waals surface area contributed by atoms with Gasteiger partial charge >= 0.3 is 0 Å². The molecule has 28 heavy (non-hydrogen) atoms. The molecule has 2 aromatic rings. The molecule has 0 amide bonds. The summed E-state index contributed by atoms with van der Waals surface area (Å²) >= 11 is 10.0. The number of hydrogen-bond donors (Lipinski definition) is 2. The number of ketones is 1. The highest BCUT2D eigenvalue weighted by Gasteiger charge is 2.14. The van der Waals surface area contributed by atoms with Crippen LogP contribution in [-0.2, 0) is 11.2 Å². The number of Topliss-reactive ketones (excluding diaryl/α,β-unsaturated/α-hetero) is 1. The van der Waals surface area contributed by atoms with Crippen molar-refractivity contribution >= 4 is 33.3 Å². The van der Waals surface area contributed by atoms with E-state index in [1.807, 2.05) is 32.9 Å². The molecule has 1 atom stereocenters. The van der Waals surface area contributed by atoms with Gasteiger partial charge in [0, 0.05) is 28.9 Å². The number of hydrogen-bond acceptors (Lipinski definition) is 4. The molecule has 152 valence electrons. The first-order valence-corrected chi connectivity index (χ1v) is 10.4. The number of carbonyl (C=O) groups excluding carboxylic acids is 1. The fourth-order valence-corrected chi connectivity index (χ4v) is 3.86. The van der Waals surface area contributed by atoms with E-state index in [0.717, 1.165) is 21.2 Å². The molecular weight excluding hydrogens is 444 g/mol. The van der Waals surface area contributed by atoms with Crippen LogP contribution in [0.2, 0.25) is 5.02 Å². The molecule has 0 saturated carbocycles. The van der Waals surface area contributed by atoms with Crippen LogP contribution >= 0.6 is 27.5 Å². The van der Waals surface area contributed by atoms with E-state index in [2.05, 4.69) is 15.9 Å². The highest BCUT2D eigenvalue weighted by atomic mass is 79.9. The number of benzene rings is 2. The van der Waals surface area contributed by atoms with Crippen molar-refractivity contribution in [2.24, 2.45) is 5.92 Å². The van der Waals surface area contributed by atoms with E-state index >= 15 is 0 Å². The fourth-order valence-electron chi connectivity index (χ4n) is 2.89. The fraction of sp³-hybridized carbons (Fsp3) is 0.409. The van der Waals surface area contributed by atoms with E-state index in [9.17, 15) is 9.90 Å². The lowest BCUT2D eigenvalue weighted by atomic mass is 9.96. The standard InChI is InChI=1S/C22H26BrClO4/c1-13(2)18-7-15(4-5-22(18)27)8-19-20(23)9-17(10-21(19)24)28-12-16(26)6-14(3)11-25/h4-5,7,9-10,13-14,25,27H,6,8,11-12H2,1-3H3. The first-order chi connectivity index (χ1) is 13.2. The third-order valence-electron chi connectivity index (χ3n) is 4.50. The van der Waals surface area contributed by atoms with Gasteiger partial charge in [0.25, 0.3) is 0 Å². The third kappa shape index (κ3) is 6.23. The van der Waals surface area contributed by atoms with Gasteiger partial charge in [-0.1, -0.05) is 60.4 Å². The smallest absolute Gasteiger partial charge is 0.170 e. The normalized spacial score (nSPS) is 12.2. The van der Waals surface area contributed by atoms with Crippen molar-refractivity contribution in [2.45, 2.75) is 39.5 Å². The molecule has 4 nitrogen and oxygen atoms in total. The Bertz CT molecular complexity index is 812. The molecule has 0 radical (unpaired) electrons. The summed E-state index contributed by atoms with van der Waals surface area (Å²) in [6, 6.07) is 9.09. The first kappa shape index (κ1) is 22.7. The Kier molecular flexibility index (Phi) is 8.35. The van der Waals surface area contributed by atoms with Crippen molar-refractivity contribution in [3.63, 3.8) is 0 Å². The van der Waals surface area contributed by atoms with Gasteiger partial charge in [-0.05, 0) is 46.7 Å². The average molecular weight is 470 g/mol. The maximum Gasteiger partial charge on any atom is 0.170 e. The Morgan fingerprint density at radius 1 is 1.21 bits per heavy atom. The van der Waals surface area contributed by atoms with Crippen LogP contribution < -0.4 is 4.74 Å². The molecule has 6 heteroatoms. The minimum Gasteiger partial charge on any atom is -0.508 e. The quantitative estimate of drug-likeness (QED) is 0.510. The predicted molar refractivity (Wildman–Crippen MR) is 116 cm³/mol. The SMILES string of the molecule is CC(CO)CC(=O)COc1cc(Cl)c(Cc2ccc(O)c(C(C)C)c2)c(Br)c1. The van der Waals surface area contributed by atoms with Crippen LogP contribution in [0.5, 0.6) is 11.5 Å². The molecule has 2 N–H and O–H groups in total. The van der Waals surface area contributed by atoms with E-state index in [1.54, 1.807) is 18.2 Å². The summed E-state index contributed by atoms with van der Waals surface area (Å²) in [5, 5.41) is 19.6. The molecule has 0 saturated heterocycles. The van der Waals surface area contributed by atoms with Crippen LogP contribution in [0.4, 0.5) is 0 Å². The van der Waals surface area contributed by atoms with Gasteiger partial charge in [0.1, 0.15) is 18.1 Å². The number of rotatable bonds is 9. The maximum absolute atomic E-state index is 11.9. The van der Waals surface area contributed by atoms with Crippen LogP contribution in [0.15, 0.2) is 34.8 Å². The van der Waals surface area contributed by atoms with Crippen molar-refractivity contribution in [1.82, 2.24) is 0 Å². The molecule has 1 unspecified atom stereocenters. The Balaban J connectivity index is 2.12. The van der Waals surface area contributed by atoms with Gasteiger partial charge < -0.3 is 14.9 Å². The molecule has 0 aliphatic rings. The molecule has 0 fully saturated rings. The summed E-state index contributed by atoms with van der Waals surface area (Å²) < 4.78 is 6.36. The zero-order chi connectivity index (χ0) is 20.8. The van der Waals surface area contributed by atoms with E-state index in [4.69, 9.17) is 21.4 Å². The van der Waals surface area contributed by atoms with Crippen molar-refractivity contribution in [2.75, 3.05) is 13.2 Å². The Labute approximate surface area is 179 Å². The molecule has 2 rings (SSSR count). The number of aliphatic hydroxyl groups excluding tert-OH is 1. The van der Waals surface area contributed by atoms with Gasteiger partial charge in [-0.15, -0.1) is 0 Å². The lowest BCUT2D eigenvalue weighted by molar-refractivity contribution is -0.122. The summed E-state index contributed by atoms with van der Waals surface area (Å²) in [6.45, 7) is 5.82. The average Bonchev–Trinajstić information content (AvgIpc) is 2.63. The largest absolute Gasteiger partial charge is 0.508 e. The molecule has 0 aliphatic carbocycles. The lowest BCUT2D eigenvalue weighted by Crippen LogP contribution is -2.16. The number of carbonyl (C=O) groups is 1. The number of phenols is 1. The van der Waals surface area contributed by atoms with Crippen molar-refractivity contribution in [1.29, 1.82) is 0 Å². The van der Waals surface area contributed by atoms with E-state index in [-0.39, 0.29) is 37.3 Å². The monoisotopic (exact) mass is 468 g/mol. The Hall–Kier alpha value is -1.56. The van der Waals surface area contributed by atoms with Crippen LogP contribution in [0.25, 0.3) is 0 Å². The van der Waals surface area contributed by atoms with Crippen LogP contribution in [0, 0.1) is 5.92 Å². The molecule has 0 spiro atoms. The summed E-state index contributed by atoms with van der Waals surface area (Å²) in [5.74, 6) is 0.894. The zero-order valence-corrected chi connectivity index (χ0v) is 18.7. The maximum atomic E-state index is 11.9. The topological polar surface area (TPSA) is 66.8 Å². The number of phenolic OH excluding ortho intramolecular Hbond substituents is 1.